The molecule has 0 bridgehead atoms. The van der Waals surface area contributed by atoms with Gasteiger partial charge in [-0.2, -0.15) is 10.2 Å². The first-order valence-electron chi connectivity index (χ1n) is 7.23. The fourth-order valence-electron chi connectivity index (χ4n) is 2.47. The standard InChI is InChI=1S/C16H18N4O2/c1-10-7-13-8-12(3-4-15(13)22-10)9-17-16(21)19-14-5-6-18-20-11(14)2/h3-6,8,10H,7,9H2,1-2H3,(H2,17,18,19,21)/t10-/m0/s1. The van der Waals surface area contributed by atoms with Gasteiger partial charge in [0.2, 0.25) is 0 Å². The highest BCUT2D eigenvalue weighted by Gasteiger charge is 2.18. The Morgan fingerprint density at radius 1 is 1.41 bits per heavy atom. The molecule has 2 aromatic rings. The summed E-state index contributed by atoms with van der Waals surface area (Å²) in [5, 5.41) is 13.2. The number of carbonyl (C=O) groups is 1. The van der Waals surface area contributed by atoms with E-state index in [-0.39, 0.29) is 12.1 Å². The molecule has 1 aromatic heterocycles. The van der Waals surface area contributed by atoms with E-state index in [9.17, 15) is 4.79 Å². The summed E-state index contributed by atoms with van der Waals surface area (Å²) >= 11 is 0. The molecule has 6 nitrogen and oxygen atoms in total. The van der Waals surface area contributed by atoms with E-state index < -0.39 is 0 Å². The number of rotatable bonds is 3. The number of aromatic nitrogens is 2. The Morgan fingerprint density at radius 3 is 3.09 bits per heavy atom. The molecule has 3 rings (SSSR count). The Kier molecular flexibility index (Phi) is 3.91. The molecule has 0 spiro atoms. The van der Waals surface area contributed by atoms with Gasteiger partial charge in [-0.15, -0.1) is 0 Å². The summed E-state index contributed by atoms with van der Waals surface area (Å²) in [6, 6.07) is 7.47. The molecule has 0 saturated carbocycles. The van der Waals surface area contributed by atoms with Crippen LogP contribution in [0.25, 0.3) is 0 Å². The zero-order valence-electron chi connectivity index (χ0n) is 12.6. The zero-order valence-corrected chi connectivity index (χ0v) is 12.6. The summed E-state index contributed by atoms with van der Waals surface area (Å²) in [5.74, 6) is 0.944. The molecular formula is C16H18N4O2. The Bertz CT molecular complexity index is 702. The van der Waals surface area contributed by atoms with Gasteiger partial charge in [0, 0.05) is 13.0 Å². The lowest BCUT2D eigenvalue weighted by Crippen LogP contribution is -2.28. The van der Waals surface area contributed by atoms with Crippen LogP contribution in [0.15, 0.2) is 30.5 Å². The average Bonchev–Trinajstić information content (AvgIpc) is 2.87. The van der Waals surface area contributed by atoms with E-state index in [4.69, 9.17) is 4.74 Å². The van der Waals surface area contributed by atoms with E-state index >= 15 is 0 Å². The normalized spacial score (nSPS) is 15.8. The predicted octanol–water partition coefficient (Wildman–Crippen LogP) is 2.43. The van der Waals surface area contributed by atoms with Gasteiger partial charge in [-0.1, -0.05) is 12.1 Å². The van der Waals surface area contributed by atoms with Crippen molar-refractivity contribution in [1.29, 1.82) is 0 Å². The first-order valence-corrected chi connectivity index (χ1v) is 7.23. The van der Waals surface area contributed by atoms with Gasteiger partial charge >= 0.3 is 6.03 Å². The summed E-state index contributed by atoms with van der Waals surface area (Å²) < 4.78 is 5.67. The third-order valence-electron chi connectivity index (χ3n) is 3.57. The molecule has 2 amide bonds. The first-order chi connectivity index (χ1) is 10.6. The number of hydrogen-bond donors (Lipinski definition) is 2. The number of anilines is 1. The number of hydrogen-bond acceptors (Lipinski definition) is 4. The van der Waals surface area contributed by atoms with Crippen molar-refractivity contribution in [2.45, 2.75) is 32.9 Å². The van der Waals surface area contributed by atoms with Gasteiger partial charge in [0.25, 0.3) is 0 Å². The number of aryl methyl sites for hydroxylation is 1. The highest BCUT2D eigenvalue weighted by atomic mass is 16.5. The number of nitrogens with zero attached hydrogens (tertiary/aromatic N) is 2. The number of carbonyl (C=O) groups excluding carboxylic acids is 1. The average molecular weight is 298 g/mol. The molecule has 2 N–H and O–H groups in total. The van der Waals surface area contributed by atoms with Gasteiger partial charge < -0.3 is 15.4 Å². The van der Waals surface area contributed by atoms with Crippen molar-refractivity contribution in [3.05, 3.63) is 47.3 Å². The van der Waals surface area contributed by atoms with Crippen LogP contribution in [-0.4, -0.2) is 22.3 Å². The molecule has 0 aliphatic carbocycles. The number of nitrogens with one attached hydrogen (secondary N) is 2. The smallest absolute Gasteiger partial charge is 0.319 e. The van der Waals surface area contributed by atoms with Crippen LogP contribution in [0.5, 0.6) is 5.75 Å². The van der Waals surface area contributed by atoms with Crippen molar-refractivity contribution in [2.24, 2.45) is 0 Å². The first kappa shape index (κ1) is 14.3. The maximum absolute atomic E-state index is 11.9. The fourth-order valence-corrected chi connectivity index (χ4v) is 2.47. The summed E-state index contributed by atoms with van der Waals surface area (Å²) in [6.45, 7) is 4.31. The largest absolute Gasteiger partial charge is 0.490 e. The second kappa shape index (κ2) is 6.01. The minimum Gasteiger partial charge on any atom is -0.490 e. The van der Waals surface area contributed by atoms with E-state index in [0.29, 0.717) is 17.9 Å². The Labute approximate surface area is 128 Å². The Morgan fingerprint density at radius 2 is 2.27 bits per heavy atom. The molecule has 1 atom stereocenters. The topological polar surface area (TPSA) is 76.1 Å². The van der Waals surface area contributed by atoms with Crippen molar-refractivity contribution in [3.63, 3.8) is 0 Å². The van der Waals surface area contributed by atoms with E-state index in [1.165, 1.54) is 5.56 Å². The van der Waals surface area contributed by atoms with Crippen LogP contribution in [0, 0.1) is 6.92 Å². The molecule has 1 aliphatic rings. The lowest BCUT2D eigenvalue weighted by molar-refractivity contribution is 0.251. The minimum atomic E-state index is -0.263. The van der Waals surface area contributed by atoms with Crippen LogP contribution < -0.4 is 15.4 Å². The van der Waals surface area contributed by atoms with Crippen LogP contribution in [0.3, 0.4) is 0 Å². The summed E-state index contributed by atoms with van der Waals surface area (Å²) in [4.78, 5) is 11.9. The summed E-state index contributed by atoms with van der Waals surface area (Å²) in [6.07, 6.45) is 2.69. The fraction of sp³-hybridized carbons (Fsp3) is 0.312. The van der Waals surface area contributed by atoms with Gasteiger partial charge in [-0.25, -0.2) is 4.79 Å². The molecule has 22 heavy (non-hydrogen) atoms. The van der Waals surface area contributed by atoms with Crippen molar-refractivity contribution in [3.8, 4) is 5.75 Å². The lowest BCUT2D eigenvalue weighted by Gasteiger charge is -2.09. The summed E-state index contributed by atoms with van der Waals surface area (Å²) in [5.41, 5.74) is 3.59. The third-order valence-corrected chi connectivity index (χ3v) is 3.57. The molecule has 2 heterocycles. The molecule has 0 radical (unpaired) electrons. The molecule has 0 fully saturated rings. The van der Waals surface area contributed by atoms with Crippen molar-refractivity contribution >= 4 is 11.7 Å². The third kappa shape index (κ3) is 3.16. The molecule has 0 unspecified atom stereocenters. The zero-order chi connectivity index (χ0) is 15.5. The van der Waals surface area contributed by atoms with E-state index in [1.54, 1.807) is 19.2 Å². The molecule has 6 heteroatoms. The van der Waals surface area contributed by atoms with E-state index in [1.807, 2.05) is 12.1 Å². The van der Waals surface area contributed by atoms with E-state index in [2.05, 4.69) is 33.8 Å². The maximum Gasteiger partial charge on any atom is 0.319 e. The monoisotopic (exact) mass is 298 g/mol. The number of fused-ring (bicyclic) bond motifs is 1. The number of ether oxygens (including phenoxy) is 1. The highest BCUT2D eigenvalue weighted by Crippen LogP contribution is 2.29. The second-order valence-corrected chi connectivity index (χ2v) is 5.41. The van der Waals surface area contributed by atoms with Crippen molar-refractivity contribution in [1.82, 2.24) is 15.5 Å². The Balaban J connectivity index is 1.58. The molecule has 114 valence electrons. The van der Waals surface area contributed by atoms with Crippen molar-refractivity contribution in [2.75, 3.05) is 5.32 Å². The van der Waals surface area contributed by atoms with Gasteiger partial charge in [-0.3, -0.25) is 0 Å². The van der Waals surface area contributed by atoms with Gasteiger partial charge in [-0.05, 0) is 37.1 Å². The quantitative estimate of drug-likeness (QED) is 0.912. The molecular weight excluding hydrogens is 280 g/mol. The number of amides is 2. The van der Waals surface area contributed by atoms with Gasteiger partial charge in [0.15, 0.2) is 0 Å². The lowest BCUT2D eigenvalue weighted by atomic mass is 10.1. The Hall–Kier alpha value is -2.63. The molecule has 1 aliphatic heterocycles. The number of urea groups is 1. The molecule has 0 saturated heterocycles. The van der Waals surface area contributed by atoms with Crippen LogP contribution in [0.2, 0.25) is 0 Å². The SMILES string of the molecule is Cc1nnccc1NC(=O)NCc1ccc2c(c1)C[C@H](C)O2. The van der Waals surface area contributed by atoms with Crippen LogP contribution in [0.1, 0.15) is 23.7 Å². The highest BCUT2D eigenvalue weighted by molar-refractivity contribution is 5.89. The van der Waals surface area contributed by atoms with Gasteiger partial charge in [0.1, 0.15) is 11.9 Å². The molecule has 1 aromatic carbocycles. The maximum atomic E-state index is 11.9. The second-order valence-electron chi connectivity index (χ2n) is 5.41. The minimum absolute atomic E-state index is 0.226. The predicted molar refractivity (Wildman–Crippen MR) is 82.9 cm³/mol. The van der Waals surface area contributed by atoms with Crippen LogP contribution in [0.4, 0.5) is 10.5 Å². The van der Waals surface area contributed by atoms with E-state index in [0.717, 1.165) is 17.7 Å². The van der Waals surface area contributed by atoms with Gasteiger partial charge in [0.05, 0.1) is 17.6 Å². The van der Waals surface area contributed by atoms with Crippen LogP contribution >= 0.6 is 0 Å². The van der Waals surface area contributed by atoms with Crippen LogP contribution in [-0.2, 0) is 13.0 Å². The van der Waals surface area contributed by atoms with Crippen molar-refractivity contribution < 1.29 is 9.53 Å². The summed E-state index contributed by atoms with van der Waals surface area (Å²) in [7, 11) is 0. The number of benzene rings is 1.